The molecule has 1 aliphatic heterocycles. The number of para-hydroxylation sites is 2. The van der Waals surface area contributed by atoms with Gasteiger partial charge in [-0.2, -0.15) is 0 Å². The van der Waals surface area contributed by atoms with Crippen LogP contribution in [-0.2, 0) is 4.79 Å². The van der Waals surface area contributed by atoms with E-state index >= 15 is 0 Å². The van der Waals surface area contributed by atoms with Gasteiger partial charge in [0.05, 0.1) is 11.4 Å². The first-order valence-corrected chi connectivity index (χ1v) is 9.24. The molecule has 0 aromatic heterocycles. The van der Waals surface area contributed by atoms with Gasteiger partial charge in [0, 0.05) is 18.1 Å². The predicted molar refractivity (Wildman–Crippen MR) is 107 cm³/mol. The van der Waals surface area contributed by atoms with Crippen molar-refractivity contribution in [2.45, 2.75) is 19.8 Å². The third-order valence-corrected chi connectivity index (χ3v) is 4.57. The minimum atomic E-state index is -0.313. The average Bonchev–Trinajstić information content (AvgIpc) is 3.17. The minimum absolute atomic E-state index is 0.142. The van der Waals surface area contributed by atoms with E-state index in [4.69, 9.17) is 16.3 Å². The lowest BCUT2D eigenvalue weighted by atomic mass is 10.2. The lowest BCUT2D eigenvalue weighted by Gasteiger charge is -2.18. The van der Waals surface area contributed by atoms with Gasteiger partial charge in [0.25, 0.3) is 5.91 Å². The van der Waals surface area contributed by atoms with Crippen LogP contribution < -0.4 is 15.4 Å². The largest absolute Gasteiger partial charge is 0.483 e. The Kier molecular flexibility index (Phi) is 6.19. The number of likely N-dealkylation sites (tertiary alicyclic amines) is 1. The summed E-state index contributed by atoms with van der Waals surface area (Å²) >= 11 is 5.92. The van der Waals surface area contributed by atoms with Crippen LogP contribution in [0.3, 0.4) is 0 Å². The van der Waals surface area contributed by atoms with Gasteiger partial charge in [0.2, 0.25) is 0 Å². The SMILES string of the molecule is Cc1cc(Cl)ccc1OCC(=O)Nc1ccccc1NC(=O)N1CCCC1. The molecule has 142 valence electrons. The molecule has 2 N–H and O–H groups in total. The van der Waals surface area contributed by atoms with E-state index in [9.17, 15) is 9.59 Å². The van der Waals surface area contributed by atoms with Gasteiger partial charge in [-0.15, -0.1) is 0 Å². The molecule has 2 aromatic carbocycles. The Balaban J connectivity index is 1.59. The van der Waals surface area contributed by atoms with Crippen molar-refractivity contribution in [3.8, 4) is 5.75 Å². The lowest BCUT2D eigenvalue weighted by Crippen LogP contribution is -2.32. The molecule has 3 rings (SSSR count). The molecule has 0 unspecified atom stereocenters. The van der Waals surface area contributed by atoms with Crippen molar-refractivity contribution in [1.82, 2.24) is 4.90 Å². The molecule has 0 radical (unpaired) electrons. The van der Waals surface area contributed by atoms with Crippen molar-refractivity contribution < 1.29 is 14.3 Å². The Morgan fingerprint density at radius 1 is 1.07 bits per heavy atom. The molecular weight excluding hydrogens is 366 g/mol. The van der Waals surface area contributed by atoms with Crippen LogP contribution in [0.15, 0.2) is 42.5 Å². The summed E-state index contributed by atoms with van der Waals surface area (Å²) in [4.78, 5) is 26.3. The summed E-state index contributed by atoms with van der Waals surface area (Å²) in [5, 5.41) is 6.27. The number of hydrogen-bond acceptors (Lipinski definition) is 3. The van der Waals surface area contributed by atoms with Gasteiger partial charge < -0.3 is 20.3 Å². The zero-order valence-corrected chi connectivity index (χ0v) is 15.9. The molecule has 6 nitrogen and oxygen atoms in total. The summed E-state index contributed by atoms with van der Waals surface area (Å²) in [5.41, 5.74) is 1.95. The highest BCUT2D eigenvalue weighted by atomic mass is 35.5. The Hall–Kier alpha value is -2.73. The number of urea groups is 1. The standard InChI is InChI=1S/C20H22ClN3O3/c1-14-12-15(21)8-9-18(14)27-13-19(25)22-16-6-2-3-7-17(16)23-20(26)24-10-4-5-11-24/h2-3,6-9,12H,4-5,10-11,13H2,1H3,(H,22,25)(H,23,26). The van der Waals surface area contributed by atoms with E-state index in [2.05, 4.69) is 10.6 Å². The molecule has 0 atom stereocenters. The van der Waals surface area contributed by atoms with E-state index in [0.29, 0.717) is 22.1 Å². The smallest absolute Gasteiger partial charge is 0.321 e. The summed E-state index contributed by atoms with van der Waals surface area (Å²) in [7, 11) is 0. The first-order valence-electron chi connectivity index (χ1n) is 8.87. The highest BCUT2D eigenvalue weighted by Crippen LogP contribution is 2.23. The highest BCUT2D eigenvalue weighted by molar-refractivity contribution is 6.30. The molecule has 7 heteroatoms. The van der Waals surface area contributed by atoms with E-state index < -0.39 is 0 Å². The molecule has 1 saturated heterocycles. The molecule has 1 aliphatic rings. The number of ether oxygens (including phenoxy) is 1. The van der Waals surface area contributed by atoms with Gasteiger partial charge in [0.15, 0.2) is 6.61 Å². The molecule has 0 saturated carbocycles. The number of halogens is 1. The number of hydrogen-bond donors (Lipinski definition) is 2. The number of benzene rings is 2. The van der Waals surface area contributed by atoms with Crippen molar-refractivity contribution in [1.29, 1.82) is 0 Å². The third-order valence-electron chi connectivity index (χ3n) is 4.33. The normalized spacial score (nSPS) is 13.3. The maximum atomic E-state index is 12.3. The molecule has 1 fully saturated rings. The number of carbonyl (C=O) groups excluding carboxylic acids is 2. The Morgan fingerprint density at radius 3 is 2.41 bits per heavy atom. The predicted octanol–water partition coefficient (Wildman–Crippen LogP) is 4.29. The maximum absolute atomic E-state index is 12.3. The van der Waals surface area contributed by atoms with Gasteiger partial charge in [-0.05, 0) is 55.7 Å². The van der Waals surface area contributed by atoms with Gasteiger partial charge in [-0.3, -0.25) is 4.79 Å². The van der Waals surface area contributed by atoms with Crippen LogP contribution in [0, 0.1) is 6.92 Å². The van der Waals surface area contributed by atoms with Gasteiger partial charge >= 0.3 is 6.03 Å². The summed E-state index contributed by atoms with van der Waals surface area (Å²) in [5.74, 6) is 0.289. The van der Waals surface area contributed by atoms with Crippen LogP contribution in [0.2, 0.25) is 5.02 Å². The van der Waals surface area contributed by atoms with Crippen LogP contribution in [-0.4, -0.2) is 36.5 Å². The summed E-state index contributed by atoms with van der Waals surface area (Å²) in [6, 6.07) is 12.2. The van der Waals surface area contributed by atoms with Crippen LogP contribution in [0.1, 0.15) is 18.4 Å². The molecule has 2 aromatic rings. The van der Waals surface area contributed by atoms with E-state index in [1.807, 2.05) is 13.0 Å². The third kappa shape index (κ3) is 5.14. The second-order valence-electron chi connectivity index (χ2n) is 6.42. The zero-order valence-electron chi connectivity index (χ0n) is 15.1. The summed E-state index contributed by atoms with van der Waals surface area (Å²) in [6.07, 6.45) is 2.04. The number of nitrogens with one attached hydrogen (secondary N) is 2. The first kappa shape index (κ1) is 19.0. The van der Waals surface area contributed by atoms with Crippen molar-refractivity contribution in [2.75, 3.05) is 30.3 Å². The molecule has 0 bridgehead atoms. The molecule has 0 spiro atoms. The molecular formula is C20H22ClN3O3. The fourth-order valence-corrected chi connectivity index (χ4v) is 3.15. The number of nitrogens with zero attached hydrogens (tertiary/aromatic N) is 1. The van der Waals surface area contributed by atoms with Crippen molar-refractivity contribution in [3.63, 3.8) is 0 Å². The topological polar surface area (TPSA) is 70.7 Å². The number of aryl methyl sites for hydroxylation is 1. The fourth-order valence-electron chi connectivity index (χ4n) is 2.92. The van der Waals surface area contributed by atoms with Crippen LogP contribution in [0.25, 0.3) is 0 Å². The van der Waals surface area contributed by atoms with Crippen molar-refractivity contribution >= 4 is 34.9 Å². The van der Waals surface area contributed by atoms with E-state index in [1.54, 1.807) is 41.3 Å². The first-order chi connectivity index (χ1) is 13.0. The molecule has 27 heavy (non-hydrogen) atoms. The van der Waals surface area contributed by atoms with Gasteiger partial charge in [-0.25, -0.2) is 4.79 Å². The number of anilines is 2. The quantitative estimate of drug-likeness (QED) is 0.803. The number of rotatable bonds is 5. The monoisotopic (exact) mass is 387 g/mol. The average molecular weight is 388 g/mol. The van der Waals surface area contributed by atoms with Crippen molar-refractivity contribution in [2.24, 2.45) is 0 Å². The molecule has 1 heterocycles. The van der Waals surface area contributed by atoms with Crippen molar-refractivity contribution in [3.05, 3.63) is 53.1 Å². The van der Waals surface area contributed by atoms with Crippen LogP contribution in [0.5, 0.6) is 5.75 Å². The van der Waals surface area contributed by atoms with E-state index in [1.165, 1.54) is 0 Å². The van der Waals surface area contributed by atoms with E-state index in [-0.39, 0.29) is 18.5 Å². The Morgan fingerprint density at radius 2 is 1.74 bits per heavy atom. The zero-order chi connectivity index (χ0) is 19.2. The fraction of sp³-hybridized carbons (Fsp3) is 0.300. The van der Waals surface area contributed by atoms with Crippen LogP contribution >= 0.6 is 11.6 Å². The van der Waals surface area contributed by atoms with Gasteiger partial charge in [0.1, 0.15) is 5.75 Å². The highest BCUT2D eigenvalue weighted by Gasteiger charge is 2.19. The second kappa shape index (κ2) is 8.77. The lowest BCUT2D eigenvalue weighted by molar-refractivity contribution is -0.118. The van der Waals surface area contributed by atoms with Crippen LogP contribution in [0.4, 0.5) is 16.2 Å². The van der Waals surface area contributed by atoms with Gasteiger partial charge in [-0.1, -0.05) is 23.7 Å². The second-order valence-corrected chi connectivity index (χ2v) is 6.85. The number of carbonyl (C=O) groups is 2. The Labute approximate surface area is 163 Å². The number of amides is 3. The molecule has 3 amide bonds. The summed E-state index contributed by atoms with van der Waals surface area (Å²) in [6.45, 7) is 3.24. The maximum Gasteiger partial charge on any atom is 0.321 e. The summed E-state index contributed by atoms with van der Waals surface area (Å²) < 4.78 is 5.56. The van der Waals surface area contributed by atoms with E-state index in [0.717, 1.165) is 31.5 Å². The Bertz CT molecular complexity index is 835. The molecule has 0 aliphatic carbocycles. The minimum Gasteiger partial charge on any atom is -0.483 e.